The van der Waals surface area contributed by atoms with E-state index in [1.54, 1.807) is 12.1 Å². The smallest absolute Gasteiger partial charge is 0.150 e. The third-order valence-corrected chi connectivity index (χ3v) is 4.24. The Labute approximate surface area is 132 Å². The second-order valence-corrected chi connectivity index (χ2v) is 5.85. The van der Waals surface area contributed by atoms with Gasteiger partial charge in [0.15, 0.2) is 0 Å². The maximum Gasteiger partial charge on any atom is 0.150 e. The van der Waals surface area contributed by atoms with Gasteiger partial charge in [-0.2, -0.15) is 0 Å². The highest BCUT2D eigenvalue weighted by atomic mass is 32.2. The van der Waals surface area contributed by atoms with Crippen molar-refractivity contribution in [2.45, 2.75) is 12.8 Å². The molecular weight excluding hydrogens is 300 g/mol. The quantitative estimate of drug-likeness (QED) is 0.702. The molecule has 0 atom stereocenters. The fourth-order valence-electron chi connectivity index (χ4n) is 2.25. The molecule has 0 heterocycles. The summed E-state index contributed by atoms with van der Waals surface area (Å²) in [5, 5.41) is 0. The summed E-state index contributed by atoms with van der Waals surface area (Å²) >= 11 is 1.34. The molecular formula is C18H15F2NS. The number of hydrogen-bond donors (Lipinski definition) is 1. The highest BCUT2D eigenvalue weighted by Gasteiger charge is 2.12. The average molecular weight is 315 g/mol. The molecule has 2 aromatic rings. The second-order valence-electron chi connectivity index (χ2n) is 4.97. The molecule has 4 heteroatoms. The van der Waals surface area contributed by atoms with Crippen molar-refractivity contribution in [1.29, 1.82) is 0 Å². The Kier molecular flexibility index (Phi) is 4.59. The van der Waals surface area contributed by atoms with E-state index in [9.17, 15) is 8.78 Å². The van der Waals surface area contributed by atoms with Crippen molar-refractivity contribution < 1.29 is 8.78 Å². The number of hydrogen-bond acceptors (Lipinski definition) is 2. The number of allylic oxidation sites excluding steroid dienone is 3. The summed E-state index contributed by atoms with van der Waals surface area (Å²) in [6.45, 7) is 0. The van der Waals surface area contributed by atoms with E-state index in [1.807, 2.05) is 24.3 Å². The minimum Gasteiger partial charge on any atom is -0.323 e. The number of rotatable bonds is 4. The third kappa shape index (κ3) is 3.39. The fourth-order valence-corrected chi connectivity index (χ4v) is 2.99. The molecule has 1 nitrogen and oxygen atoms in total. The van der Waals surface area contributed by atoms with E-state index in [0.29, 0.717) is 5.56 Å². The number of benzene rings is 2. The van der Waals surface area contributed by atoms with Gasteiger partial charge in [-0.05, 0) is 36.4 Å². The zero-order valence-electron chi connectivity index (χ0n) is 11.9. The van der Waals surface area contributed by atoms with Crippen molar-refractivity contribution in [3.05, 3.63) is 77.2 Å². The summed E-state index contributed by atoms with van der Waals surface area (Å²) in [7, 11) is 0. The molecule has 112 valence electrons. The van der Waals surface area contributed by atoms with Gasteiger partial charge < -0.3 is 4.72 Å². The molecule has 0 saturated heterocycles. The van der Waals surface area contributed by atoms with Crippen LogP contribution in [0.2, 0.25) is 0 Å². The van der Waals surface area contributed by atoms with Crippen LogP contribution in [0.1, 0.15) is 12.8 Å². The summed E-state index contributed by atoms with van der Waals surface area (Å²) in [5.74, 6) is -1.15. The maximum atomic E-state index is 14.0. The Morgan fingerprint density at radius 3 is 2.50 bits per heavy atom. The molecule has 1 N–H and O–H groups in total. The molecule has 1 aliphatic rings. The molecule has 0 aromatic heterocycles. The van der Waals surface area contributed by atoms with Crippen molar-refractivity contribution >= 4 is 17.6 Å². The van der Waals surface area contributed by atoms with E-state index in [-0.39, 0.29) is 5.69 Å². The Balaban J connectivity index is 1.85. The standard InChI is InChI=1S/C18H15F2NS/c19-16-12-17(20)18(21-22-14-9-5-2-6-10-14)11-15(16)13-7-3-1-4-8-13/h1,3-5,7-12,21H,2,6H2. The maximum absolute atomic E-state index is 14.0. The largest absolute Gasteiger partial charge is 0.323 e. The molecule has 2 aromatic carbocycles. The predicted octanol–water partition coefficient (Wildman–Crippen LogP) is 5.93. The number of anilines is 1. The van der Waals surface area contributed by atoms with Crippen molar-refractivity contribution in [1.82, 2.24) is 0 Å². The predicted molar refractivity (Wildman–Crippen MR) is 89.5 cm³/mol. The third-order valence-electron chi connectivity index (χ3n) is 3.38. The highest BCUT2D eigenvalue weighted by Crippen LogP contribution is 2.31. The summed E-state index contributed by atoms with van der Waals surface area (Å²) < 4.78 is 30.9. The topological polar surface area (TPSA) is 12.0 Å². The Morgan fingerprint density at radius 2 is 1.77 bits per heavy atom. The molecule has 0 spiro atoms. The first-order valence-electron chi connectivity index (χ1n) is 7.08. The monoisotopic (exact) mass is 315 g/mol. The molecule has 0 radical (unpaired) electrons. The average Bonchev–Trinajstić information content (AvgIpc) is 2.56. The van der Waals surface area contributed by atoms with Crippen LogP contribution in [0.5, 0.6) is 0 Å². The van der Waals surface area contributed by atoms with Gasteiger partial charge in [-0.25, -0.2) is 8.78 Å². The van der Waals surface area contributed by atoms with Gasteiger partial charge >= 0.3 is 0 Å². The first-order chi connectivity index (χ1) is 10.7. The van der Waals surface area contributed by atoms with E-state index in [2.05, 4.69) is 16.9 Å². The van der Waals surface area contributed by atoms with Gasteiger partial charge in [-0.3, -0.25) is 0 Å². The second kappa shape index (κ2) is 6.79. The van der Waals surface area contributed by atoms with Crippen molar-refractivity contribution in [3.63, 3.8) is 0 Å². The molecule has 0 bridgehead atoms. The van der Waals surface area contributed by atoms with E-state index in [1.165, 1.54) is 18.0 Å². The molecule has 1 aliphatic carbocycles. The van der Waals surface area contributed by atoms with Gasteiger partial charge in [0.05, 0.1) is 5.69 Å². The molecule has 3 rings (SSSR count). The van der Waals surface area contributed by atoms with Gasteiger partial charge in [0.2, 0.25) is 0 Å². The molecule has 0 aliphatic heterocycles. The van der Waals surface area contributed by atoms with Crippen LogP contribution in [0.25, 0.3) is 11.1 Å². The van der Waals surface area contributed by atoms with Crippen molar-refractivity contribution in [3.8, 4) is 11.1 Å². The normalized spacial score (nSPS) is 13.8. The number of halogens is 2. The molecule has 0 amide bonds. The van der Waals surface area contributed by atoms with Crippen LogP contribution >= 0.6 is 11.9 Å². The van der Waals surface area contributed by atoms with E-state index in [0.717, 1.165) is 29.4 Å². The van der Waals surface area contributed by atoms with Gasteiger partial charge in [0, 0.05) is 16.5 Å². The zero-order chi connectivity index (χ0) is 15.4. The van der Waals surface area contributed by atoms with Crippen LogP contribution in [0.3, 0.4) is 0 Å². The van der Waals surface area contributed by atoms with Crippen LogP contribution in [0.4, 0.5) is 14.5 Å². The minimum absolute atomic E-state index is 0.283. The lowest BCUT2D eigenvalue weighted by atomic mass is 10.0. The summed E-state index contributed by atoms with van der Waals surface area (Å²) in [4.78, 5) is 1.04. The zero-order valence-corrected chi connectivity index (χ0v) is 12.7. The minimum atomic E-state index is -0.593. The van der Waals surface area contributed by atoms with Gasteiger partial charge in [0.1, 0.15) is 11.6 Å². The summed E-state index contributed by atoms with van der Waals surface area (Å²) in [5.41, 5.74) is 1.40. The van der Waals surface area contributed by atoms with Crippen molar-refractivity contribution in [2.75, 3.05) is 4.72 Å². The lowest BCUT2D eigenvalue weighted by Gasteiger charge is -2.12. The van der Waals surface area contributed by atoms with Crippen LogP contribution < -0.4 is 4.72 Å². The van der Waals surface area contributed by atoms with Gasteiger partial charge in [0.25, 0.3) is 0 Å². The first-order valence-corrected chi connectivity index (χ1v) is 7.90. The van der Waals surface area contributed by atoms with E-state index in [4.69, 9.17) is 0 Å². The van der Waals surface area contributed by atoms with Crippen LogP contribution in [-0.2, 0) is 0 Å². The summed E-state index contributed by atoms with van der Waals surface area (Å²) in [6.07, 6.45) is 8.20. The molecule has 0 saturated carbocycles. The summed E-state index contributed by atoms with van der Waals surface area (Å²) in [6, 6.07) is 11.6. The van der Waals surface area contributed by atoms with E-state index < -0.39 is 11.6 Å². The van der Waals surface area contributed by atoms with E-state index >= 15 is 0 Å². The van der Waals surface area contributed by atoms with Crippen molar-refractivity contribution in [2.24, 2.45) is 0 Å². The first kappa shape index (κ1) is 14.9. The number of nitrogens with one attached hydrogen (secondary N) is 1. The highest BCUT2D eigenvalue weighted by molar-refractivity contribution is 8.04. The lowest BCUT2D eigenvalue weighted by molar-refractivity contribution is 0.588. The Morgan fingerprint density at radius 1 is 0.955 bits per heavy atom. The lowest BCUT2D eigenvalue weighted by Crippen LogP contribution is -1.96. The van der Waals surface area contributed by atoms with Crippen LogP contribution in [-0.4, -0.2) is 0 Å². The SMILES string of the molecule is Fc1cc(F)c(-c2ccccc2)cc1NSC1=CCCC=C1. The fraction of sp³-hybridized carbons (Fsp3) is 0.111. The molecule has 0 unspecified atom stereocenters. The molecule has 22 heavy (non-hydrogen) atoms. The Bertz CT molecular complexity index is 723. The van der Waals surface area contributed by atoms with Crippen LogP contribution in [0.15, 0.2) is 65.6 Å². The van der Waals surface area contributed by atoms with Gasteiger partial charge in [-0.15, -0.1) is 0 Å². The molecule has 0 fully saturated rings. The Hall–Kier alpha value is -2.07. The van der Waals surface area contributed by atoms with Crippen LogP contribution in [0, 0.1) is 11.6 Å². The van der Waals surface area contributed by atoms with Gasteiger partial charge in [-0.1, -0.05) is 48.6 Å².